The molecule has 2 aromatic heterocycles. The van der Waals surface area contributed by atoms with E-state index in [1.807, 2.05) is 20.0 Å². The van der Waals surface area contributed by atoms with Crippen molar-refractivity contribution in [3.63, 3.8) is 0 Å². The number of anilines is 2. The van der Waals surface area contributed by atoms with Gasteiger partial charge < -0.3 is 25.6 Å². The van der Waals surface area contributed by atoms with Crippen molar-refractivity contribution in [2.24, 2.45) is 0 Å². The first kappa shape index (κ1) is 23.8. The molecule has 34 heavy (non-hydrogen) atoms. The molecule has 5 N–H and O–H groups in total. The van der Waals surface area contributed by atoms with Crippen molar-refractivity contribution in [3.8, 4) is 0 Å². The predicted molar refractivity (Wildman–Crippen MR) is 129 cm³/mol. The van der Waals surface area contributed by atoms with Gasteiger partial charge in [0.2, 0.25) is 10.0 Å². The number of aromatic nitrogens is 3. The van der Waals surface area contributed by atoms with Crippen LogP contribution in [0.4, 0.5) is 16.3 Å². The molecule has 3 aromatic rings. The molecule has 0 radical (unpaired) electrons. The molecule has 0 spiro atoms. The molecule has 1 aliphatic carbocycles. The predicted octanol–water partition coefficient (Wildman–Crippen LogP) is 2.16. The molecule has 0 bridgehead atoms. The van der Waals surface area contributed by atoms with E-state index in [9.17, 15) is 13.2 Å². The average Bonchev–Trinajstić information content (AvgIpc) is 3.52. The molecular weight excluding hydrogens is 458 g/mol. The molecule has 12 heteroatoms. The van der Waals surface area contributed by atoms with E-state index in [-0.39, 0.29) is 17.0 Å². The molecule has 182 valence electrons. The molecule has 5 rings (SSSR count). The zero-order valence-electron chi connectivity index (χ0n) is 19.1. The van der Waals surface area contributed by atoms with Gasteiger partial charge in [-0.2, -0.15) is 0 Å². The Bertz CT molecular complexity index is 1290. The average molecular weight is 488 g/mol. The largest absolute Gasteiger partial charge is 0.465 e. The zero-order chi connectivity index (χ0) is 24.5. The molecule has 1 atom stereocenters. The number of nitrogens with two attached hydrogens (primary N) is 1. The Morgan fingerprint density at radius 1 is 1.26 bits per heavy atom. The highest BCUT2D eigenvalue weighted by Crippen LogP contribution is 2.27. The van der Waals surface area contributed by atoms with Gasteiger partial charge in [0.15, 0.2) is 0 Å². The van der Waals surface area contributed by atoms with Crippen molar-refractivity contribution < 1.29 is 18.3 Å². The minimum atomic E-state index is -3.35. The fourth-order valence-electron chi connectivity index (χ4n) is 3.94. The number of H-pyrrole nitrogens is 1. The number of nitrogens with zero attached hydrogens (tertiary/aromatic N) is 4. The van der Waals surface area contributed by atoms with Gasteiger partial charge in [0.05, 0.1) is 10.3 Å². The van der Waals surface area contributed by atoms with E-state index in [1.54, 1.807) is 24.5 Å². The van der Waals surface area contributed by atoms with Crippen molar-refractivity contribution in [2.75, 3.05) is 30.3 Å². The van der Waals surface area contributed by atoms with Crippen LogP contribution in [-0.4, -0.2) is 71.2 Å². The van der Waals surface area contributed by atoms with Gasteiger partial charge in [-0.05, 0) is 50.5 Å². The summed E-state index contributed by atoms with van der Waals surface area (Å²) in [7, 11) is -3.35. The zero-order valence-corrected chi connectivity index (χ0v) is 19.9. The number of aryl methyl sites for hydroxylation is 1. The fraction of sp³-hybridized carbons (Fsp3) is 0.409. The van der Waals surface area contributed by atoms with Crippen LogP contribution < -0.4 is 15.4 Å². The lowest BCUT2D eigenvalue weighted by atomic mass is 10.1. The molecule has 1 saturated heterocycles. The number of nitrogens with one attached hydrogen (secondary N) is 2. The minimum Gasteiger partial charge on any atom is -0.465 e. The molecule has 3 heterocycles. The van der Waals surface area contributed by atoms with Crippen LogP contribution in [0.1, 0.15) is 25.3 Å². The summed E-state index contributed by atoms with van der Waals surface area (Å²) in [6, 6.07) is 6.38. The van der Waals surface area contributed by atoms with Crippen molar-refractivity contribution >= 4 is 38.7 Å². The number of rotatable bonds is 4. The minimum absolute atomic E-state index is 0.0505. The Kier molecular flexibility index (Phi) is 6.62. The van der Waals surface area contributed by atoms with E-state index >= 15 is 0 Å². The number of fused-ring (bicyclic) bond motifs is 1. The number of nitrogen functional groups attached to an aromatic ring is 1. The summed E-state index contributed by atoms with van der Waals surface area (Å²) in [6.07, 6.45) is 4.47. The molecule has 1 aliphatic heterocycles. The van der Waals surface area contributed by atoms with Crippen LogP contribution in [0.3, 0.4) is 0 Å². The second kappa shape index (κ2) is 9.47. The summed E-state index contributed by atoms with van der Waals surface area (Å²) in [4.78, 5) is 26.7. The molecule has 2 fully saturated rings. The van der Waals surface area contributed by atoms with E-state index in [2.05, 4.69) is 24.6 Å². The summed E-state index contributed by atoms with van der Waals surface area (Å²) in [6.45, 7) is 5.72. The number of hydrogen-bond donors (Lipinski definition) is 4. The van der Waals surface area contributed by atoms with Crippen LogP contribution in [0, 0.1) is 6.92 Å². The van der Waals surface area contributed by atoms with Crippen molar-refractivity contribution in [1.82, 2.24) is 24.6 Å². The fourth-order valence-corrected chi connectivity index (χ4v) is 5.30. The highest BCUT2D eigenvalue weighted by atomic mass is 32.2. The van der Waals surface area contributed by atoms with Gasteiger partial charge in [-0.3, -0.25) is 0 Å². The SMILES string of the molecule is Cc1c[nH]c2ncnc(N3CCN(C(=O)O)[C@@H](C)C3)c12.Nc1cccc(S(=O)(=O)NC2CC2)c1. The lowest BCUT2D eigenvalue weighted by molar-refractivity contribution is 0.122. The second-order valence-electron chi connectivity index (χ2n) is 8.63. The normalized spacial score (nSPS) is 18.5. The number of benzene rings is 1. The van der Waals surface area contributed by atoms with Crippen LogP contribution in [0.15, 0.2) is 41.7 Å². The van der Waals surface area contributed by atoms with Gasteiger partial charge >= 0.3 is 6.09 Å². The van der Waals surface area contributed by atoms with E-state index in [1.165, 1.54) is 11.0 Å². The Morgan fingerprint density at radius 2 is 2.03 bits per heavy atom. The number of aromatic amines is 1. The summed E-state index contributed by atoms with van der Waals surface area (Å²) < 4.78 is 25.9. The van der Waals surface area contributed by atoms with Crippen molar-refractivity contribution in [1.29, 1.82) is 0 Å². The maximum absolute atomic E-state index is 11.7. The number of carboxylic acid groups (broad SMARTS) is 1. The van der Waals surface area contributed by atoms with Gasteiger partial charge in [0.1, 0.15) is 17.8 Å². The van der Waals surface area contributed by atoms with Crippen LogP contribution in [-0.2, 0) is 10.0 Å². The lowest BCUT2D eigenvalue weighted by Crippen LogP contribution is -2.54. The number of piperazine rings is 1. The topological polar surface area (TPSA) is 158 Å². The Morgan fingerprint density at radius 3 is 2.68 bits per heavy atom. The van der Waals surface area contributed by atoms with Gasteiger partial charge in [0.25, 0.3) is 0 Å². The standard InChI is InChI=1S/C13H17N5O2.C9H12N2O2S/c1-8-5-14-11-10(8)12(16-7-15-11)17-3-4-18(13(19)20)9(2)6-17;10-7-2-1-3-9(6-7)14(12,13)11-8-4-5-8/h5,7,9H,3-4,6H2,1-2H3,(H,19,20)(H,14,15,16);1-3,6,8,11H,4-5,10H2/t9-;/m0./s1. The lowest BCUT2D eigenvalue weighted by Gasteiger charge is -2.39. The van der Waals surface area contributed by atoms with Crippen LogP contribution in [0.5, 0.6) is 0 Å². The van der Waals surface area contributed by atoms with Gasteiger partial charge in [0, 0.05) is 43.6 Å². The first-order valence-corrected chi connectivity index (χ1v) is 12.5. The van der Waals surface area contributed by atoms with Crippen LogP contribution >= 0.6 is 0 Å². The Hall–Kier alpha value is -3.38. The summed E-state index contributed by atoms with van der Waals surface area (Å²) in [5.74, 6) is 0.880. The molecule has 2 aliphatic rings. The second-order valence-corrected chi connectivity index (χ2v) is 10.3. The molecular formula is C22H29N7O4S. The first-order chi connectivity index (χ1) is 16.2. The maximum Gasteiger partial charge on any atom is 0.407 e. The summed E-state index contributed by atoms with van der Waals surface area (Å²) in [5.41, 5.74) is 7.89. The molecule has 1 aromatic carbocycles. The quantitative estimate of drug-likeness (QED) is 0.408. The third-order valence-electron chi connectivity index (χ3n) is 5.89. The number of amides is 1. The Balaban J connectivity index is 0.000000172. The van der Waals surface area contributed by atoms with E-state index in [0.717, 1.165) is 35.3 Å². The third kappa shape index (κ3) is 5.23. The molecule has 1 amide bonds. The van der Waals surface area contributed by atoms with E-state index in [4.69, 9.17) is 10.8 Å². The molecule has 11 nitrogen and oxygen atoms in total. The highest BCUT2D eigenvalue weighted by molar-refractivity contribution is 7.89. The third-order valence-corrected chi connectivity index (χ3v) is 7.41. The molecule has 1 saturated carbocycles. The van der Waals surface area contributed by atoms with Crippen molar-refractivity contribution in [3.05, 3.63) is 42.4 Å². The Labute approximate surface area is 198 Å². The van der Waals surface area contributed by atoms with Gasteiger partial charge in [-0.1, -0.05) is 6.07 Å². The monoisotopic (exact) mass is 487 g/mol. The van der Waals surface area contributed by atoms with Crippen LogP contribution in [0.2, 0.25) is 0 Å². The van der Waals surface area contributed by atoms with Crippen LogP contribution in [0.25, 0.3) is 11.0 Å². The first-order valence-electron chi connectivity index (χ1n) is 11.1. The van der Waals surface area contributed by atoms with E-state index < -0.39 is 16.1 Å². The summed E-state index contributed by atoms with van der Waals surface area (Å²) in [5, 5.41) is 10.1. The smallest absolute Gasteiger partial charge is 0.407 e. The molecule has 0 unspecified atom stereocenters. The summed E-state index contributed by atoms with van der Waals surface area (Å²) >= 11 is 0. The number of carbonyl (C=O) groups is 1. The van der Waals surface area contributed by atoms with E-state index in [0.29, 0.717) is 25.3 Å². The number of sulfonamides is 1. The van der Waals surface area contributed by atoms with Crippen molar-refractivity contribution in [2.45, 2.75) is 43.7 Å². The number of hydrogen-bond acceptors (Lipinski definition) is 7. The maximum atomic E-state index is 11.7. The van der Waals surface area contributed by atoms with Gasteiger partial charge in [-0.25, -0.2) is 27.9 Å². The van der Waals surface area contributed by atoms with Gasteiger partial charge in [-0.15, -0.1) is 0 Å². The highest BCUT2D eigenvalue weighted by Gasteiger charge is 2.29.